The number of nitrogens with zero attached hydrogens (tertiary/aromatic N) is 2. The highest BCUT2D eigenvalue weighted by Crippen LogP contribution is 2.30. The van der Waals surface area contributed by atoms with Crippen LogP contribution in [-0.2, 0) is 9.47 Å². The quantitative estimate of drug-likeness (QED) is 0.232. The van der Waals surface area contributed by atoms with Gasteiger partial charge in [0, 0.05) is 0 Å². The highest BCUT2D eigenvalue weighted by Gasteiger charge is 2.53. The minimum atomic E-state index is -1.69. The molecule has 0 amide bonds. The second-order valence-electron chi connectivity index (χ2n) is 6.30. The van der Waals surface area contributed by atoms with Gasteiger partial charge < -0.3 is 50.3 Å². The summed E-state index contributed by atoms with van der Waals surface area (Å²) in [5.74, 6) is 0. The highest BCUT2D eigenvalue weighted by molar-refractivity contribution is 5.77. The maximum absolute atomic E-state index is 10.1. The lowest BCUT2D eigenvalue weighted by Gasteiger charge is -2.43. The van der Waals surface area contributed by atoms with Crippen molar-refractivity contribution in [2.45, 2.75) is 61.2 Å². The van der Waals surface area contributed by atoms with Crippen LogP contribution in [0.5, 0.6) is 0 Å². The van der Waals surface area contributed by atoms with Crippen LogP contribution >= 0.6 is 0 Å². The molecule has 0 unspecified atom stereocenters. The third-order valence-electron chi connectivity index (χ3n) is 4.75. The van der Waals surface area contributed by atoms with E-state index >= 15 is 0 Å². The number of aliphatic hydroxyl groups is 8. The Balaban J connectivity index is 1.84. The van der Waals surface area contributed by atoms with Crippen molar-refractivity contribution in [2.75, 3.05) is 13.2 Å². The zero-order valence-corrected chi connectivity index (χ0v) is 13.0. The average Bonchev–Trinajstić information content (AvgIpc) is 3.02. The Hall–Kier alpha value is -1.09. The molecule has 3 heterocycles. The predicted molar refractivity (Wildman–Crippen MR) is 76.8 cm³/mol. The fraction of sp³-hybridized carbons (Fsp3) is 0.923. The van der Waals surface area contributed by atoms with Crippen molar-refractivity contribution in [2.24, 2.45) is 4.99 Å². The van der Waals surface area contributed by atoms with E-state index in [1.54, 1.807) is 0 Å². The molecule has 0 bridgehead atoms. The summed E-state index contributed by atoms with van der Waals surface area (Å²) in [4.78, 5) is 4.96. The molecule has 0 aromatic carbocycles. The van der Waals surface area contributed by atoms with Gasteiger partial charge in [0.1, 0.15) is 49.3 Å². The Labute approximate surface area is 141 Å². The zero-order valence-electron chi connectivity index (χ0n) is 13.0. The molecule has 10 atom stereocenters. The summed E-state index contributed by atoms with van der Waals surface area (Å²) in [6.45, 7) is -0.788. The Morgan fingerprint density at radius 2 is 1.52 bits per heavy atom. The molecule has 0 spiro atoms. The third kappa shape index (κ3) is 2.99. The van der Waals surface area contributed by atoms with Crippen LogP contribution in [-0.4, -0.2) is 126 Å². The second-order valence-corrected chi connectivity index (χ2v) is 6.30. The van der Waals surface area contributed by atoms with Gasteiger partial charge in [0.2, 0.25) is 0 Å². The summed E-state index contributed by atoms with van der Waals surface area (Å²) in [6.07, 6.45) is -13.7. The van der Waals surface area contributed by atoms with E-state index in [4.69, 9.17) is 9.47 Å². The number of amidine groups is 1. The molecule has 8 N–H and O–H groups in total. The van der Waals surface area contributed by atoms with Crippen molar-refractivity contribution < 1.29 is 50.3 Å². The number of piperidine rings is 1. The van der Waals surface area contributed by atoms with Crippen molar-refractivity contribution in [3.63, 3.8) is 0 Å². The van der Waals surface area contributed by atoms with E-state index in [9.17, 15) is 40.9 Å². The van der Waals surface area contributed by atoms with E-state index in [2.05, 4.69) is 4.99 Å². The minimum Gasteiger partial charge on any atom is -0.463 e. The standard InChI is InChI=1S/C13H22N2O10/c16-1-4-6(18)8(20)9(21)11(25-4)14-13-15-3(2-24-13)5(17)7(19)10(22)12(15)23/h3-12,16-23H,1-2H2/b14-13+/t3-,4-,5-,6-,7+,8+,9-,10+,11-,12-/m1/s1. The van der Waals surface area contributed by atoms with Gasteiger partial charge in [0.25, 0.3) is 6.02 Å². The van der Waals surface area contributed by atoms with Crippen LogP contribution in [0, 0.1) is 0 Å². The fourth-order valence-electron chi connectivity index (χ4n) is 3.20. The number of ether oxygens (including phenoxy) is 2. The molecule has 0 radical (unpaired) electrons. The van der Waals surface area contributed by atoms with Gasteiger partial charge in [-0.2, -0.15) is 0 Å². The lowest BCUT2D eigenvalue weighted by atomic mass is 9.94. The van der Waals surface area contributed by atoms with Crippen molar-refractivity contribution in [1.82, 2.24) is 4.90 Å². The molecule has 3 rings (SSSR count). The summed E-state index contributed by atoms with van der Waals surface area (Å²) in [5.41, 5.74) is 0. The molecule has 0 aliphatic carbocycles. The highest BCUT2D eigenvalue weighted by atomic mass is 16.6. The second kappa shape index (κ2) is 6.90. The summed E-state index contributed by atoms with van der Waals surface area (Å²) >= 11 is 0. The van der Waals surface area contributed by atoms with Crippen molar-refractivity contribution >= 4 is 6.02 Å². The molecule has 144 valence electrons. The molecule has 3 fully saturated rings. The normalized spacial score (nSPS) is 52.2. The molecule has 25 heavy (non-hydrogen) atoms. The Morgan fingerprint density at radius 1 is 0.880 bits per heavy atom. The van der Waals surface area contributed by atoms with Crippen LogP contribution in [0.1, 0.15) is 0 Å². The molecule has 3 aliphatic rings. The summed E-state index contributed by atoms with van der Waals surface area (Å²) in [5, 5.41) is 78.3. The van der Waals surface area contributed by atoms with E-state index in [0.717, 1.165) is 4.90 Å². The van der Waals surface area contributed by atoms with Crippen LogP contribution in [0.4, 0.5) is 0 Å². The Kier molecular flexibility index (Phi) is 5.16. The van der Waals surface area contributed by atoms with Gasteiger partial charge in [-0.25, -0.2) is 4.99 Å². The largest absolute Gasteiger partial charge is 0.463 e. The maximum Gasteiger partial charge on any atom is 0.292 e. The van der Waals surface area contributed by atoms with Crippen molar-refractivity contribution in [3.05, 3.63) is 0 Å². The van der Waals surface area contributed by atoms with Crippen LogP contribution in [0.2, 0.25) is 0 Å². The molecule has 0 aromatic heterocycles. The van der Waals surface area contributed by atoms with Crippen LogP contribution < -0.4 is 0 Å². The third-order valence-corrected chi connectivity index (χ3v) is 4.75. The Bertz CT molecular complexity index is 519. The van der Waals surface area contributed by atoms with Gasteiger partial charge in [0.05, 0.1) is 12.6 Å². The summed E-state index contributed by atoms with van der Waals surface area (Å²) in [6, 6.07) is -1.18. The van der Waals surface area contributed by atoms with E-state index < -0.39 is 67.8 Å². The molecule has 3 saturated heterocycles. The van der Waals surface area contributed by atoms with Gasteiger partial charge in [-0.1, -0.05) is 0 Å². The molecule has 0 saturated carbocycles. The number of rotatable bonds is 2. The SMILES string of the molecule is OC[C@H]1O[C@@H](/N=C2/OC[C@@H]3[C@@H](O)[C@H](O)[C@H](O)[C@@H](O)N23)[C@H](O)[C@@H](O)[C@@H]1O. The van der Waals surface area contributed by atoms with Gasteiger partial charge in [-0.3, -0.25) is 4.90 Å². The number of hydrogen-bond acceptors (Lipinski definition) is 11. The first-order valence-electron chi connectivity index (χ1n) is 7.79. The van der Waals surface area contributed by atoms with Crippen molar-refractivity contribution in [1.29, 1.82) is 0 Å². The lowest BCUT2D eigenvalue weighted by Crippen LogP contribution is -2.66. The van der Waals surface area contributed by atoms with Crippen LogP contribution in [0.3, 0.4) is 0 Å². The molecule has 12 heteroatoms. The average molecular weight is 366 g/mol. The predicted octanol–water partition coefficient (Wildman–Crippen LogP) is -5.74. The number of hydrogen-bond donors (Lipinski definition) is 8. The topological polar surface area (TPSA) is 196 Å². The fourth-order valence-corrected chi connectivity index (χ4v) is 3.20. The smallest absolute Gasteiger partial charge is 0.292 e. The van der Waals surface area contributed by atoms with Gasteiger partial charge in [0.15, 0.2) is 12.5 Å². The molecule has 3 aliphatic heterocycles. The Morgan fingerprint density at radius 3 is 2.16 bits per heavy atom. The van der Waals surface area contributed by atoms with Crippen molar-refractivity contribution in [3.8, 4) is 0 Å². The van der Waals surface area contributed by atoms with Gasteiger partial charge >= 0.3 is 0 Å². The van der Waals surface area contributed by atoms with Crippen LogP contribution in [0.25, 0.3) is 0 Å². The van der Waals surface area contributed by atoms with E-state index in [1.165, 1.54) is 0 Å². The maximum atomic E-state index is 10.1. The molecular weight excluding hydrogens is 344 g/mol. The van der Waals surface area contributed by atoms with E-state index in [1.807, 2.05) is 0 Å². The number of aliphatic imine (C=N–C) groups is 1. The molecular formula is C13H22N2O10. The summed E-state index contributed by atoms with van der Waals surface area (Å²) < 4.78 is 10.5. The zero-order chi connectivity index (χ0) is 18.5. The monoisotopic (exact) mass is 366 g/mol. The summed E-state index contributed by atoms with van der Waals surface area (Å²) in [7, 11) is 0. The molecule has 0 aromatic rings. The number of fused-ring (bicyclic) bond motifs is 1. The minimum absolute atomic E-state index is 0.155. The van der Waals surface area contributed by atoms with E-state index in [0.29, 0.717) is 0 Å². The number of aliphatic hydroxyl groups excluding tert-OH is 8. The van der Waals surface area contributed by atoms with Gasteiger partial charge in [-0.15, -0.1) is 0 Å². The first-order valence-corrected chi connectivity index (χ1v) is 7.79. The first-order chi connectivity index (χ1) is 11.8. The van der Waals surface area contributed by atoms with E-state index in [-0.39, 0.29) is 12.6 Å². The molecule has 12 nitrogen and oxygen atoms in total. The lowest BCUT2D eigenvalue weighted by molar-refractivity contribution is -0.227. The van der Waals surface area contributed by atoms with Gasteiger partial charge in [-0.05, 0) is 0 Å². The first kappa shape index (κ1) is 18.7. The van der Waals surface area contributed by atoms with Crippen LogP contribution in [0.15, 0.2) is 4.99 Å².